The van der Waals surface area contributed by atoms with Gasteiger partial charge in [-0.25, -0.2) is 0 Å². The van der Waals surface area contributed by atoms with Crippen LogP contribution in [0.5, 0.6) is 0 Å². The molecular weight excluding hydrogens is 375 g/mol. The molecule has 0 spiro atoms. The summed E-state index contributed by atoms with van der Waals surface area (Å²) in [6.07, 6.45) is -15.4. The van der Waals surface area contributed by atoms with Crippen molar-refractivity contribution < 1.29 is 54.2 Å². The van der Waals surface area contributed by atoms with Crippen molar-refractivity contribution in [1.82, 2.24) is 0 Å². The third kappa shape index (κ3) is 6.90. The van der Waals surface area contributed by atoms with Crippen molar-refractivity contribution in [1.29, 1.82) is 0 Å². The largest absolute Gasteiger partial charge is 0.463 e. The Morgan fingerprint density at radius 2 is 1.32 bits per heavy atom. The molecule has 3 nitrogen and oxygen atoms in total. The van der Waals surface area contributed by atoms with Gasteiger partial charge in [0.25, 0.3) is 0 Å². The highest BCUT2D eigenvalue weighted by Gasteiger charge is 2.62. The van der Waals surface area contributed by atoms with Crippen molar-refractivity contribution in [3.8, 4) is 0 Å². The number of esters is 1. The van der Waals surface area contributed by atoms with Gasteiger partial charge in [-0.05, 0) is 0 Å². The molecule has 1 atom stereocenters. The average molecular weight is 392 g/mol. The first kappa shape index (κ1) is 23.8. The molecule has 0 aromatic rings. The fourth-order valence-corrected chi connectivity index (χ4v) is 1.49. The minimum Gasteiger partial charge on any atom is -0.463 e. The monoisotopic (exact) mass is 392 g/mol. The molecule has 25 heavy (non-hydrogen) atoms. The van der Waals surface area contributed by atoms with E-state index in [1.165, 1.54) is 13.8 Å². The fraction of sp³-hybridized carbons (Fsp3) is 0.923. The number of carbonyl (C=O) groups is 1. The van der Waals surface area contributed by atoms with Crippen LogP contribution in [0.2, 0.25) is 0 Å². The van der Waals surface area contributed by atoms with E-state index < -0.39 is 67.8 Å². The predicted octanol–water partition coefficient (Wildman–Crippen LogP) is 4.19. The summed E-state index contributed by atoms with van der Waals surface area (Å²) in [6, 6.07) is 0. The minimum absolute atomic E-state index is 0.682. The zero-order valence-electron chi connectivity index (χ0n) is 13.1. The maximum absolute atomic E-state index is 13.4. The highest BCUT2D eigenvalue weighted by atomic mass is 19.4. The normalized spacial score (nSPS) is 15.4. The van der Waals surface area contributed by atoms with Crippen molar-refractivity contribution in [3.63, 3.8) is 0 Å². The second-order valence-electron chi connectivity index (χ2n) is 5.75. The quantitative estimate of drug-likeness (QED) is 0.473. The number of ether oxygens (including phenoxy) is 1. The van der Waals surface area contributed by atoms with E-state index in [9.17, 15) is 49.4 Å². The molecule has 0 aliphatic carbocycles. The average Bonchev–Trinajstić information content (AvgIpc) is 2.40. The molecule has 0 bridgehead atoms. The predicted molar refractivity (Wildman–Crippen MR) is 66.6 cm³/mol. The van der Waals surface area contributed by atoms with E-state index in [4.69, 9.17) is 0 Å². The summed E-state index contributed by atoms with van der Waals surface area (Å²) in [7, 11) is 0. The molecule has 0 rings (SSSR count). The summed E-state index contributed by atoms with van der Waals surface area (Å²) in [5, 5.41) is 9.22. The third-order valence-corrected chi connectivity index (χ3v) is 3.08. The van der Waals surface area contributed by atoms with Gasteiger partial charge in [0.2, 0.25) is 0 Å². The van der Waals surface area contributed by atoms with E-state index in [-0.39, 0.29) is 0 Å². The molecule has 0 heterocycles. The first-order valence-corrected chi connectivity index (χ1v) is 6.98. The van der Waals surface area contributed by atoms with Crippen LogP contribution in [-0.4, -0.2) is 47.7 Å². The molecule has 0 saturated carbocycles. The Morgan fingerprint density at radius 3 is 1.72 bits per heavy atom. The Balaban J connectivity index is 4.79. The van der Waals surface area contributed by atoms with Gasteiger partial charge in [0.15, 0.2) is 0 Å². The van der Waals surface area contributed by atoms with E-state index in [0.717, 1.165) is 0 Å². The van der Waals surface area contributed by atoms with Gasteiger partial charge in [-0.3, -0.25) is 4.79 Å². The van der Waals surface area contributed by atoms with Crippen LogP contribution in [-0.2, 0) is 9.53 Å². The number of alkyl halides is 9. The Hall–Kier alpha value is -1.20. The Bertz CT molecular complexity index is 447. The van der Waals surface area contributed by atoms with Crippen LogP contribution < -0.4 is 0 Å². The van der Waals surface area contributed by atoms with Crippen LogP contribution in [0.4, 0.5) is 39.5 Å². The molecule has 0 aromatic carbocycles. The fourth-order valence-electron chi connectivity index (χ4n) is 1.49. The number of halogens is 9. The lowest BCUT2D eigenvalue weighted by Gasteiger charge is -2.29. The summed E-state index contributed by atoms with van der Waals surface area (Å²) < 4.78 is 119. The lowest BCUT2D eigenvalue weighted by Crippen LogP contribution is -2.46. The van der Waals surface area contributed by atoms with Gasteiger partial charge in [-0.15, -0.1) is 0 Å². The number of hydrogen-bond acceptors (Lipinski definition) is 3. The van der Waals surface area contributed by atoms with Gasteiger partial charge in [0.1, 0.15) is 6.61 Å². The van der Waals surface area contributed by atoms with Gasteiger partial charge in [-0.2, -0.15) is 39.5 Å². The molecule has 12 heteroatoms. The van der Waals surface area contributed by atoms with E-state index in [2.05, 4.69) is 4.74 Å². The first-order valence-electron chi connectivity index (χ1n) is 6.98. The lowest BCUT2D eigenvalue weighted by molar-refractivity contribution is -0.294. The highest BCUT2D eigenvalue weighted by Crippen LogP contribution is 2.46. The van der Waals surface area contributed by atoms with Crippen molar-refractivity contribution in [2.75, 3.05) is 6.61 Å². The summed E-state index contributed by atoms with van der Waals surface area (Å²) >= 11 is 0. The maximum Gasteiger partial charge on any atom is 0.453 e. The van der Waals surface area contributed by atoms with Gasteiger partial charge in [-0.1, -0.05) is 13.8 Å². The molecule has 0 saturated heterocycles. The topological polar surface area (TPSA) is 46.5 Å². The van der Waals surface area contributed by atoms with Crippen molar-refractivity contribution in [2.45, 2.75) is 63.2 Å². The van der Waals surface area contributed by atoms with Gasteiger partial charge < -0.3 is 9.84 Å². The van der Waals surface area contributed by atoms with Gasteiger partial charge in [0.05, 0.1) is 12.0 Å². The van der Waals surface area contributed by atoms with Crippen molar-refractivity contribution >= 4 is 5.97 Å². The standard InChI is InChI=1S/C13H17F9O3/c1-7(2)9(24)25-6-8(23)5-12(18,19)10(14,15)3-4-11(16,17)13(20,21)22/h7-8,23H,3-6H2,1-2H3. The molecule has 0 amide bonds. The molecule has 150 valence electrons. The molecular formula is C13H17F9O3. The Labute approximate surface area is 137 Å². The zero-order valence-corrected chi connectivity index (χ0v) is 13.1. The number of aliphatic hydroxyl groups is 1. The van der Waals surface area contributed by atoms with E-state index >= 15 is 0 Å². The van der Waals surface area contributed by atoms with Crippen LogP contribution in [0.3, 0.4) is 0 Å². The summed E-state index contributed by atoms with van der Waals surface area (Å²) in [5.74, 6) is -17.5. The summed E-state index contributed by atoms with van der Waals surface area (Å²) in [5.41, 5.74) is 0. The second-order valence-corrected chi connectivity index (χ2v) is 5.75. The van der Waals surface area contributed by atoms with Crippen LogP contribution in [0.25, 0.3) is 0 Å². The first-order chi connectivity index (χ1) is 10.9. The minimum atomic E-state index is -6.15. The Kier molecular flexibility index (Phi) is 7.62. The Morgan fingerprint density at radius 1 is 0.880 bits per heavy atom. The molecule has 0 aliphatic heterocycles. The molecule has 0 aliphatic rings. The van der Waals surface area contributed by atoms with Crippen LogP contribution in [0, 0.1) is 5.92 Å². The van der Waals surface area contributed by atoms with E-state index in [1.807, 2.05) is 0 Å². The molecule has 1 N–H and O–H groups in total. The van der Waals surface area contributed by atoms with Crippen LogP contribution in [0.1, 0.15) is 33.1 Å². The molecule has 0 fully saturated rings. The second kappa shape index (κ2) is 8.00. The van der Waals surface area contributed by atoms with Crippen LogP contribution in [0.15, 0.2) is 0 Å². The number of aliphatic hydroxyl groups excluding tert-OH is 1. The van der Waals surface area contributed by atoms with Gasteiger partial charge in [0, 0.05) is 19.3 Å². The van der Waals surface area contributed by atoms with E-state index in [1.54, 1.807) is 0 Å². The maximum atomic E-state index is 13.4. The number of rotatable bonds is 9. The zero-order chi connectivity index (χ0) is 20.3. The smallest absolute Gasteiger partial charge is 0.453 e. The molecule has 1 unspecified atom stereocenters. The SMILES string of the molecule is CC(C)C(=O)OCC(O)CC(F)(F)C(F)(F)CCC(F)(F)C(F)(F)F. The number of carbonyl (C=O) groups excluding carboxylic acids is 1. The molecule has 0 aromatic heterocycles. The van der Waals surface area contributed by atoms with Crippen molar-refractivity contribution in [2.24, 2.45) is 5.92 Å². The molecule has 0 radical (unpaired) electrons. The van der Waals surface area contributed by atoms with E-state index in [0.29, 0.717) is 0 Å². The van der Waals surface area contributed by atoms with Crippen LogP contribution >= 0.6 is 0 Å². The third-order valence-electron chi connectivity index (χ3n) is 3.08. The lowest BCUT2D eigenvalue weighted by atomic mass is 9.98. The highest BCUT2D eigenvalue weighted by molar-refractivity contribution is 5.71. The summed E-state index contributed by atoms with van der Waals surface area (Å²) in [6.45, 7) is 1.69. The summed E-state index contributed by atoms with van der Waals surface area (Å²) in [4.78, 5) is 11.1. The number of hydrogen-bond donors (Lipinski definition) is 1. The van der Waals surface area contributed by atoms with Crippen molar-refractivity contribution in [3.05, 3.63) is 0 Å². The van der Waals surface area contributed by atoms with Gasteiger partial charge >= 0.3 is 29.9 Å².